The van der Waals surface area contributed by atoms with Gasteiger partial charge in [-0.05, 0) is 52.6 Å². The van der Waals surface area contributed by atoms with E-state index in [2.05, 4.69) is 37.9 Å². The lowest BCUT2D eigenvalue weighted by Gasteiger charge is -2.44. The van der Waals surface area contributed by atoms with Crippen LogP contribution in [0.15, 0.2) is 0 Å². The molecule has 112 valence electrons. The molecule has 4 heteroatoms. The molecule has 1 rings (SSSR count). The molecular weight excluding hydrogens is 240 g/mol. The molecule has 0 aliphatic heterocycles. The molecule has 1 aliphatic carbocycles. The zero-order chi connectivity index (χ0) is 14.5. The largest absolute Gasteiger partial charge is 0.468 e. The van der Waals surface area contributed by atoms with Gasteiger partial charge in [-0.2, -0.15) is 0 Å². The van der Waals surface area contributed by atoms with E-state index in [-0.39, 0.29) is 12.0 Å². The fourth-order valence-electron chi connectivity index (χ4n) is 3.42. The number of carbonyl (C=O) groups excluding carboxylic acids is 1. The van der Waals surface area contributed by atoms with Crippen molar-refractivity contribution in [3.8, 4) is 0 Å². The molecule has 1 aliphatic rings. The van der Waals surface area contributed by atoms with Gasteiger partial charge in [0.15, 0.2) is 0 Å². The van der Waals surface area contributed by atoms with Crippen molar-refractivity contribution in [3.63, 3.8) is 0 Å². The average Bonchev–Trinajstić information content (AvgIpc) is 2.38. The summed E-state index contributed by atoms with van der Waals surface area (Å²) in [6.45, 7) is 10.6. The summed E-state index contributed by atoms with van der Waals surface area (Å²) in [6.07, 6.45) is 4.01. The van der Waals surface area contributed by atoms with Gasteiger partial charge < -0.3 is 9.64 Å². The molecule has 0 aromatic heterocycles. The zero-order valence-corrected chi connectivity index (χ0v) is 13.2. The number of rotatable bonds is 6. The Labute approximate surface area is 117 Å². The van der Waals surface area contributed by atoms with Gasteiger partial charge in [-0.25, -0.2) is 0 Å². The smallest absolute Gasteiger partial charge is 0.326 e. The van der Waals surface area contributed by atoms with E-state index in [4.69, 9.17) is 4.74 Å². The summed E-state index contributed by atoms with van der Waals surface area (Å²) in [5, 5.41) is 3.48. The Hall–Kier alpha value is -0.610. The molecule has 0 radical (unpaired) electrons. The topological polar surface area (TPSA) is 41.6 Å². The van der Waals surface area contributed by atoms with Gasteiger partial charge in [-0.15, -0.1) is 0 Å². The molecule has 0 saturated heterocycles. The Bertz CT molecular complexity index is 290. The van der Waals surface area contributed by atoms with Crippen molar-refractivity contribution in [1.29, 1.82) is 0 Å². The Morgan fingerprint density at radius 1 is 1.42 bits per heavy atom. The maximum absolute atomic E-state index is 12.3. The van der Waals surface area contributed by atoms with E-state index in [0.717, 1.165) is 32.4 Å². The molecule has 1 saturated carbocycles. The van der Waals surface area contributed by atoms with E-state index in [9.17, 15) is 4.79 Å². The number of nitrogens with one attached hydrogen (secondary N) is 1. The first kappa shape index (κ1) is 16.4. The summed E-state index contributed by atoms with van der Waals surface area (Å²) in [5.41, 5.74) is -0.492. The molecule has 19 heavy (non-hydrogen) atoms. The molecule has 0 aromatic carbocycles. The molecule has 0 amide bonds. The normalized spacial score (nSPS) is 27.8. The van der Waals surface area contributed by atoms with E-state index in [1.165, 1.54) is 13.5 Å². The van der Waals surface area contributed by atoms with Crippen molar-refractivity contribution in [3.05, 3.63) is 0 Å². The van der Waals surface area contributed by atoms with E-state index < -0.39 is 5.54 Å². The minimum atomic E-state index is -0.492. The van der Waals surface area contributed by atoms with Gasteiger partial charge in [0.2, 0.25) is 0 Å². The zero-order valence-electron chi connectivity index (χ0n) is 13.2. The molecule has 0 spiro atoms. The second-order valence-corrected chi connectivity index (χ2v) is 5.84. The summed E-state index contributed by atoms with van der Waals surface area (Å²) >= 11 is 0. The molecule has 1 fully saturated rings. The van der Waals surface area contributed by atoms with Crippen LogP contribution in [0.4, 0.5) is 0 Å². The first-order chi connectivity index (χ1) is 8.99. The third-order valence-electron chi connectivity index (χ3n) is 4.19. The van der Waals surface area contributed by atoms with Gasteiger partial charge in [0.05, 0.1) is 7.11 Å². The van der Waals surface area contributed by atoms with Gasteiger partial charge in [0.1, 0.15) is 5.54 Å². The van der Waals surface area contributed by atoms with Crippen LogP contribution in [-0.4, -0.2) is 48.7 Å². The monoisotopic (exact) mass is 270 g/mol. The molecule has 1 N–H and O–H groups in total. The number of ether oxygens (including phenoxy) is 1. The Kier molecular flexibility index (Phi) is 6.27. The summed E-state index contributed by atoms with van der Waals surface area (Å²) < 4.78 is 5.07. The van der Waals surface area contributed by atoms with Gasteiger partial charge in [0.25, 0.3) is 0 Å². The fourth-order valence-corrected chi connectivity index (χ4v) is 3.42. The van der Waals surface area contributed by atoms with Crippen LogP contribution in [-0.2, 0) is 9.53 Å². The maximum Gasteiger partial charge on any atom is 0.326 e. The first-order valence-corrected chi connectivity index (χ1v) is 7.59. The van der Waals surface area contributed by atoms with Crippen molar-refractivity contribution in [2.45, 2.75) is 71.0 Å². The van der Waals surface area contributed by atoms with Crippen LogP contribution >= 0.6 is 0 Å². The summed E-state index contributed by atoms with van der Waals surface area (Å²) in [4.78, 5) is 14.7. The summed E-state index contributed by atoms with van der Waals surface area (Å²) in [5.74, 6) is -0.0990. The number of methoxy groups -OCH3 is 1. The minimum Gasteiger partial charge on any atom is -0.468 e. The molecule has 2 unspecified atom stereocenters. The van der Waals surface area contributed by atoms with Crippen molar-refractivity contribution in [2.24, 2.45) is 0 Å². The number of nitrogens with zero attached hydrogens (tertiary/aromatic N) is 1. The number of esters is 1. The second kappa shape index (κ2) is 7.25. The fraction of sp³-hybridized carbons (Fsp3) is 0.933. The van der Waals surface area contributed by atoms with Crippen LogP contribution in [0, 0.1) is 0 Å². The third-order valence-corrected chi connectivity index (χ3v) is 4.19. The van der Waals surface area contributed by atoms with Crippen LogP contribution in [0.25, 0.3) is 0 Å². The highest BCUT2D eigenvalue weighted by molar-refractivity contribution is 5.81. The number of hydrogen-bond donors (Lipinski definition) is 1. The predicted octanol–water partition coefficient (Wildman–Crippen LogP) is 2.18. The first-order valence-electron chi connectivity index (χ1n) is 7.59. The quantitative estimate of drug-likeness (QED) is 0.751. The van der Waals surface area contributed by atoms with Crippen LogP contribution in [0.5, 0.6) is 0 Å². The highest BCUT2D eigenvalue weighted by Gasteiger charge is 2.44. The molecule has 0 heterocycles. The lowest BCUT2D eigenvalue weighted by Crippen LogP contribution is -2.60. The van der Waals surface area contributed by atoms with Crippen molar-refractivity contribution in [2.75, 3.05) is 20.2 Å². The van der Waals surface area contributed by atoms with Gasteiger partial charge >= 0.3 is 5.97 Å². The van der Waals surface area contributed by atoms with Crippen molar-refractivity contribution in [1.82, 2.24) is 10.2 Å². The lowest BCUT2D eigenvalue weighted by atomic mass is 9.77. The molecule has 0 aromatic rings. The Balaban J connectivity index is 2.88. The highest BCUT2D eigenvalue weighted by atomic mass is 16.5. The molecular formula is C15H30N2O2. The summed E-state index contributed by atoms with van der Waals surface area (Å²) in [6, 6.07) is 0.767. The molecule has 0 bridgehead atoms. The van der Waals surface area contributed by atoms with Gasteiger partial charge in [0, 0.05) is 12.1 Å². The molecule has 4 nitrogen and oxygen atoms in total. The average molecular weight is 270 g/mol. The van der Waals surface area contributed by atoms with Gasteiger partial charge in [-0.1, -0.05) is 13.8 Å². The van der Waals surface area contributed by atoms with Gasteiger partial charge in [-0.3, -0.25) is 10.1 Å². The lowest BCUT2D eigenvalue weighted by molar-refractivity contribution is -0.151. The minimum absolute atomic E-state index is 0.0990. The maximum atomic E-state index is 12.3. The number of hydrogen-bond acceptors (Lipinski definition) is 4. The van der Waals surface area contributed by atoms with E-state index in [0.29, 0.717) is 6.04 Å². The van der Waals surface area contributed by atoms with E-state index in [1.807, 2.05) is 0 Å². The van der Waals surface area contributed by atoms with E-state index >= 15 is 0 Å². The van der Waals surface area contributed by atoms with Crippen molar-refractivity contribution >= 4 is 5.97 Å². The Morgan fingerprint density at radius 3 is 2.53 bits per heavy atom. The van der Waals surface area contributed by atoms with Crippen LogP contribution in [0.3, 0.4) is 0 Å². The van der Waals surface area contributed by atoms with Crippen molar-refractivity contribution < 1.29 is 9.53 Å². The number of carbonyl (C=O) groups is 1. The Morgan fingerprint density at radius 2 is 2.05 bits per heavy atom. The predicted molar refractivity (Wildman–Crippen MR) is 78.2 cm³/mol. The second-order valence-electron chi connectivity index (χ2n) is 5.84. The summed E-state index contributed by atoms with van der Waals surface area (Å²) in [7, 11) is 1.49. The molecule has 2 atom stereocenters. The standard InChI is InChI=1S/C15H30N2O2/c1-6-17(7-2)13-9-8-10-15(11-13,14(18)19-5)16-12(3)4/h12-13,16H,6-11H2,1-5H3. The van der Waals surface area contributed by atoms with Crippen LogP contribution in [0.2, 0.25) is 0 Å². The van der Waals surface area contributed by atoms with E-state index in [1.54, 1.807) is 0 Å². The van der Waals surface area contributed by atoms with Crippen LogP contribution in [0.1, 0.15) is 53.4 Å². The highest BCUT2D eigenvalue weighted by Crippen LogP contribution is 2.32. The third kappa shape index (κ3) is 3.93. The van der Waals surface area contributed by atoms with Crippen LogP contribution < -0.4 is 5.32 Å². The SMILES string of the molecule is CCN(CC)C1CCCC(NC(C)C)(C(=O)OC)C1.